The summed E-state index contributed by atoms with van der Waals surface area (Å²) in [6, 6.07) is 23.8. The number of carbonyl (C=O) groups excluding carboxylic acids is 2. The zero-order valence-corrected chi connectivity index (χ0v) is 18.2. The number of carbonyl (C=O) groups is 2. The van der Waals surface area contributed by atoms with E-state index in [1.165, 1.54) is 12.0 Å². The summed E-state index contributed by atoms with van der Waals surface area (Å²) in [7, 11) is 1.35. The number of halogens is 1. The molecule has 0 radical (unpaired) electrons. The smallest absolute Gasteiger partial charge is 0.309 e. The molecule has 0 spiro atoms. The molecule has 0 aliphatic carbocycles. The summed E-state index contributed by atoms with van der Waals surface area (Å²) < 4.78 is 4.85. The van der Waals surface area contributed by atoms with Crippen LogP contribution in [0.15, 0.2) is 78.9 Å². The van der Waals surface area contributed by atoms with Crippen molar-refractivity contribution >= 4 is 57.5 Å². The lowest BCUT2D eigenvalue weighted by atomic mass is 9.92. The van der Waals surface area contributed by atoms with E-state index >= 15 is 0 Å². The van der Waals surface area contributed by atoms with Crippen molar-refractivity contribution in [2.45, 2.75) is 6.42 Å². The number of esters is 1. The fourth-order valence-electron chi connectivity index (χ4n) is 3.62. The number of methoxy groups -OCH3 is 1. The zero-order chi connectivity index (χ0) is 22.0. The topological polar surface area (TPSA) is 46.6 Å². The number of ether oxygens (including phenoxy) is 1. The Morgan fingerprint density at radius 1 is 0.935 bits per heavy atom. The van der Waals surface area contributed by atoms with E-state index in [4.69, 9.17) is 28.6 Å². The molecule has 1 aliphatic heterocycles. The number of anilines is 1. The molecular formula is C25H18ClNO3S. The molecule has 1 aliphatic rings. The molecule has 4 rings (SSSR count). The van der Waals surface area contributed by atoms with Gasteiger partial charge in [0.25, 0.3) is 5.91 Å². The molecule has 0 aromatic heterocycles. The highest BCUT2D eigenvalue weighted by molar-refractivity contribution is 7.82. The zero-order valence-electron chi connectivity index (χ0n) is 16.7. The van der Waals surface area contributed by atoms with Gasteiger partial charge in [-0.1, -0.05) is 78.4 Å². The first-order valence-electron chi connectivity index (χ1n) is 9.60. The number of thiocarbonyl (C=S) groups is 1. The van der Waals surface area contributed by atoms with Gasteiger partial charge < -0.3 is 4.74 Å². The first-order valence-corrected chi connectivity index (χ1v) is 10.4. The lowest BCUT2D eigenvalue weighted by Gasteiger charge is -2.18. The van der Waals surface area contributed by atoms with Crippen molar-refractivity contribution in [2.75, 3.05) is 12.0 Å². The van der Waals surface area contributed by atoms with Crippen LogP contribution in [0.3, 0.4) is 0 Å². The highest BCUT2D eigenvalue weighted by Gasteiger charge is 2.38. The molecule has 154 valence electrons. The maximum atomic E-state index is 13.6. The fraction of sp³-hybridized carbons (Fsp3) is 0.0800. The van der Waals surface area contributed by atoms with Crippen molar-refractivity contribution < 1.29 is 14.3 Å². The van der Waals surface area contributed by atoms with E-state index in [0.29, 0.717) is 32.4 Å². The highest BCUT2D eigenvalue weighted by Crippen LogP contribution is 2.40. The van der Waals surface area contributed by atoms with Gasteiger partial charge in [-0.25, -0.2) is 0 Å². The van der Waals surface area contributed by atoms with Gasteiger partial charge in [0, 0.05) is 10.6 Å². The SMILES string of the molecule is COC(=O)Cc1ccccc1C1=C(c2ccc(Cl)cc2)C(=O)N(c2ccccc2)C1=S. The Morgan fingerprint density at radius 2 is 1.58 bits per heavy atom. The van der Waals surface area contributed by atoms with Crippen molar-refractivity contribution in [3.05, 3.63) is 101 Å². The normalized spacial score (nSPS) is 13.7. The van der Waals surface area contributed by atoms with Crippen molar-refractivity contribution in [1.29, 1.82) is 0 Å². The lowest BCUT2D eigenvalue weighted by molar-refractivity contribution is -0.139. The highest BCUT2D eigenvalue weighted by atomic mass is 35.5. The molecule has 3 aromatic carbocycles. The largest absolute Gasteiger partial charge is 0.469 e. The first kappa shape index (κ1) is 21.0. The lowest BCUT2D eigenvalue weighted by Crippen LogP contribution is -2.30. The van der Waals surface area contributed by atoms with Crippen LogP contribution < -0.4 is 4.90 Å². The van der Waals surface area contributed by atoms with Crippen LogP contribution in [0.2, 0.25) is 5.02 Å². The Hall–Kier alpha value is -3.28. The molecule has 0 saturated carbocycles. The standard InChI is InChI=1S/C25H18ClNO3S/c1-30-21(28)15-17-7-5-6-10-20(17)23-22(16-11-13-18(26)14-12-16)24(29)27(25(23)31)19-8-3-2-4-9-19/h2-14H,15H2,1H3. The van der Waals surface area contributed by atoms with E-state index in [1.807, 2.05) is 54.6 Å². The van der Waals surface area contributed by atoms with Crippen LogP contribution in [0.4, 0.5) is 5.69 Å². The third-order valence-corrected chi connectivity index (χ3v) is 5.72. The van der Waals surface area contributed by atoms with Gasteiger partial charge in [-0.05, 0) is 41.0 Å². The second kappa shape index (κ2) is 8.84. The molecule has 0 N–H and O–H groups in total. The van der Waals surface area contributed by atoms with Gasteiger partial charge >= 0.3 is 5.97 Å². The van der Waals surface area contributed by atoms with Gasteiger partial charge in [-0.2, -0.15) is 0 Å². The summed E-state index contributed by atoms with van der Waals surface area (Å²) in [6.45, 7) is 0. The van der Waals surface area contributed by atoms with Gasteiger partial charge in [-0.3, -0.25) is 14.5 Å². The summed E-state index contributed by atoms with van der Waals surface area (Å²) >= 11 is 11.9. The Labute approximate surface area is 190 Å². The molecule has 1 heterocycles. The molecule has 0 unspecified atom stereocenters. The third-order valence-electron chi connectivity index (χ3n) is 5.08. The number of benzene rings is 3. The minimum absolute atomic E-state index is 0.0756. The first-order chi connectivity index (χ1) is 15.0. The van der Waals surface area contributed by atoms with Gasteiger partial charge in [0.05, 0.1) is 24.8 Å². The van der Waals surface area contributed by atoms with E-state index in [9.17, 15) is 9.59 Å². The molecule has 0 fully saturated rings. The van der Waals surface area contributed by atoms with Gasteiger partial charge in [0.15, 0.2) is 0 Å². The molecule has 31 heavy (non-hydrogen) atoms. The maximum absolute atomic E-state index is 13.6. The van der Waals surface area contributed by atoms with Crippen molar-refractivity contribution in [3.8, 4) is 0 Å². The van der Waals surface area contributed by atoms with E-state index in [-0.39, 0.29) is 18.3 Å². The van der Waals surface area contributed by atoms with Crippen molar-refractivity contribution in [1.82, 2.24) is 0 Å². The predicted octanol–water partition coefficient (Wildman–Crippen LogP) is 5.34. The summed E-state index contributed by atoms with van der Waals surface area (Å²) in [4.78, 5) is 27.6. The number of rotatable bonds is 5. The van der Waals surface area contributed by atoms with Crippen LogP contribution in [0.5, 0.6) is 0 Å². The average molecular weight is 448 g/mol. The number of nitrogens with zero attached hydrogens (tertiary/aromatic N) is 1. The summed E-state index contributed by atoms with van der Waals surface area (Å²) in [5, 5.41) is 0.574. The monoisotopic (exact) mass is 447 g/mol. The van der Waals surface area contributed by atoms with Gasteiger partial charge in [0.2, 0.25) is 0 Å². The van der Waals surface area contributed by atoms with E-state index in [1.54, 1.807) is 24.3 Å². The Morgan fingerprint density at radius 3 is 2.26 bits per heavy atom. The quantitative estimate of drug-likeness (QED) is 0.391. The van der Waals surface area contributed by atoms with Crippen LogP contribution in [0.1, 0.15) is 16.7 Å². The summed E-state index contributed by atoms with van der Waals surface area (Å²) in [5.41, 5.74) is 3.95. The van der Waals surface area contributed by atoms with Crippen LogP contribution in [0, 0.1) is 0 Å². The third kappa shape index (κ3) is 4.02. The molecule has 6 heteroatoms. The number of amides is 1. The molecule has 0 bridgehead atoms. The van der Waals surface area contributed by atoms with E-state index < -0.39 is 0 Å². The fourth-order valence-corrected chi connectivity index (χ4v) is 4.15. The molecular weight excluding hydrogens is 430 g/mol. The van der Waals surface area contributed by atoms with Gasteiger partial charge in [0.1, 0.15) is 4.99 Å². The summed E-state index contributed by atoms with van der Waals surface area (Å²) in [5.74, 6) is -0.586. The second-order valence-corrected chi connectivity index (χ2v) is 7.77. The Kier molecular flexibility index (Phi) is 5.98. The average Bonchev–Trinajstić information content (AvgIpc) is 3.05. The predicted molar refractivity (Wildman–Crippen MR) is 127 cm³/mol. The maximum Gasteiger partial charge on any atom is 0.309 e. The molecule has 0 saturated heterocycles. The minimum Gasteiger partial charge on any atom is -0.469 e. The Bertz CT molecular complexity index is 1200. The number of hydrogen-bond acceptors (Lipinski definition) is 4. The van der Waals surface area contributed by atoms with Crippen LogP contribution in [-0.4, -0.2) is 24.0 Å². The second-order valence-electron chi connectivity index (χ2n) is 6.95. The number of para-hydroxylation sites is 1. The van der Waals surface area contributed by atoms with Crippen molar-refractivity contribution in [2.24, 2.45) is 0 Å². The minimum atomic E-state index is -0.365. The van der Waals surface area contributed by atoms with Crippen molar-refractivity contribution in [3.63, 3.8) is 0 Å². The molecule has 0 atom stereocenters. The molecule has 4 nitrogen and oxygen atoms in total. The number of hydrogen-bond donors (Lipinski definition) is 0. The van der Waals surface area contributed by atoms with E-state index in [2.05, 4.69) is 0 Å². The molecule has 3 aromatic rings. The Balaban J connectivity index is 1.93. The van der Waals surface area contributed by atoms with E-state index in [0.717, 1.165) is 11.1 Å². The van der Waals surface area contributed by atoms with Crippen LogP contribution in [0.25, 0.3) is 11.1 Å². The summed E-state index contributed by atoms with van der Waals surface area (Å²) in [6.07, 6.45) is 0.0756. The molecule has 1 amide bonds. The van der Waals surface area contributed by atoms with Crippen LogP contribution >= 0.6 is 23.8 Å². The van der Waals surface area contributed by atoms with Gasteiger partial charge in [-0.15, -0.1) is 0 Å². The van der Waals surface area contributed by atoms with Crippen LogP contribution in [-0.2, 0) is 20.7 Å².